The fourth-order valence-electron chi connectivity index (χ4n) is 3.50. The summed E-state index contributed by atoms with van der Waals surface area (Å²) in [5.41, 5.74) is 2.90. The molecule has 0 bridgehead atoms. The zero-order valence-corrected chi connectivity index (χ0v) is 17.8. The first kappa shape index (κ1) is 22.7. The lowest BCUT2D eigenvalue weighted by atomic mass is 10.1. The molecule has 1 aromatic heterocycles. The van der Waals surface area contributed by atoms with E-state index in [4.69, 9.17) is 0 Å². The van der Waals surface area contributed by atoms with Crippen LogP contribution in [0.25, 0.3) is 0 Å². The number of halogens is 3. The minimum absolute atomic E-state index is 0.259. The average Bonchev–Trinajstić information content (AvgIpc) is 3.18. The summed E-state index contributed by atoms with van der Waals surface area (Å²) in [5.74, 6) is -0.259. The maximum atomic E-state index is 13.1. The molecule has 31 heavy (non-hydrogen) atoms. The summed E-state index contributed by atoms with van der Waals surface area (Å²) >= 11 is 0. The molecule has 3 aromatic rings. The first-order valence-corrected chi connectivity index (χ1v) is 10.4. The lowest BCUT2D eigenvalue weighted by molar-refractivity contribution is -0.137. The van der Waals surface area contributed by atoms with E-state index in [0.717, 1.165) is 30.7 Å². The number of carbonyl (C=O) groups excluding carboxylic acids is 1. The molecule has 0 fully saturated rings. The Bertz CT molecular complexity index is 1010. The Labute approximate surface area is 181 Å². The van der Waals surface area contributed by atoms with E-state index >= 15 is 0 Å². The van der Waals surface area contributed by atoms with E-state index in [1.807, 2.05) is 37.4 Å². The number of hydrogen-bond donors (Lipinski definition) is 0. The van der Waals surface area contributed by atoms with Crippen LogP contribution in [0, 0.1) is 6.92 Å². The molecule has 0 aliphatic carbocycles. The summed E-state index contributed by atoms with van der Waals surface area (Å²) in [6.45, 7) is 5.76. The van der Waals surface area contributed by atoms with Gasteiger partial charge in [-0.3, -0.25) is 4.79 Å². The van der Waals surface area contributed by atoms with Crippen LogP contribution in [0.3, 0.4) is 0 Å². The van der Waals surface area contributed by atoms with Gasteiger partial charge in [-0.15, -0.1) is 0 Å². The minimum atomic E-state index is -4.42. The first-order chi connectivity index (χ1) is 14.8. The van der Waals surface area contributed by atoms with Gasteiger partial charge in [0, 0.05) is 30.5 Å². The third-order valence-electron chi connectivity index (χ3n) is 5.41. The van der Waals surface area contributed by atoms with E-state index in [1.165, 1.54) is 23.3 Å². The number of alkyl halides is 3. The van der Waals surface area contributed by atoms with Crippen molar-refractivity contribution in [1.29, 1.82) is 0 Å². The highest BCUT2D eigenvalue weighted by molar-refractivity contribution is 5.94. The van der Waals surface area contributed by atoms with Gasteiger partial charge in [-0.1, -0.05) is 37.6 Å². The molecule has 0 saturated carbocycles. The molecule has 3 rings (SSSR count). The molecule has 1 amide bonds. The van der Waals surface area contributed by atoms with Crippen LogP contribution in [0.5, 0.6) is 0 Å². The Kier molecular flexibility index (Phi) is 7.21. The molecule has 0 aliphatic rings. The first-order valence-electron chi connectivity index (χ1n) is 10.4. The van der Waals surface area contributed by atoms with Gasteiger partial charge in [0.1, 0.15) is 0 Å². The second-order valence-electron chi connectivity index (χ2n) is 7.71. The number of carbonyl (C=O) groups is 1. The molecule has 164 valence electrons. The summed E-state index contributed by atoms with van der Waals surface area (Å²) in [6.07, 6.45) is -0.686. The number of amides is 1. The van der Waals surface area contributed by atoms with Gasteiger partial charge in [-0.05, 0) is 60.9 Å². The van der Waals surface area contributed by atoms with Crippen LogP contribution >= 0.6 is 0 Å². The number of aromatic nitrogens is 1. The van der Waals surface area contributed by atoms with Crippen LogP contribution < -0.4 is 0 Å². The SMILES string of the molecule is CCCCN(Cc1cccn1Cc1ccccc1C)C(=O)c1ccc(C(F)(F)F)cc1. The van der Waals surface area contributed by atoms with E-state index in [-0.39, 0.29) is 11.5 Å². The summed E-state index contributed by atoms with van der Waals surface area (Å²) in [7, 11) is 0. The van der Waals surface area contributed by atoms with E-state index in [1.54, 1.807) is 4.90 Å². The zero-order valence-electron chi connectivity index (χ0n) is 17.8. The quantitative estimate of drug-likeness (QED) is 0.413. The van der Waals surface area contributed by atoms with Gasteiger partial charge in [0.05, 0.1) is 12.1 Å². The Hall–Kier alpha value is -3.02. The second-order valence-corrected chi connectivity index (χ2v) is 7.71. The second kappa shape index (κ2) is 9.86. The van der Waals surface area contributed by atoms with Crippen molar-refractivity contribution in [3.8, 4) is 0 Å². The highest BCUT2D eigenvalue weighted by Crippen LogP contribution is 2.29. The zero-order chi connectivity index (χ0) is 22.4. The van der Waals surface area contributed by atoms with Gasteiger partial charge in [0.2, 0.25) is 0 Å². The number of rotatable bonds is 8. The number of unbranched alkanes of at least 4 members (excludes halogenated alkanes) is 1. The number of nitrogens with zero attached hydrogens (tertiary/aromatic N) is 2. The molecule has 0 aliphatic heterocycles. The molecular formula is C25H27F3N2O. The lowest BCUT2D eigenvalue weighted by Gasteiger charge is -2.24. The molecular weight excluding hydrogens is 401 g/mol. The van der Waals surface area contributed by atoms with Crippen molar-refractivity contribution in [2.75, 3.05) is 6.54 Å². The summed E-state index contributed by atoms with van der Waals surface area (Å²) in [4.78, 5) is 14.8. The molecule has 0 N–H and O–H groups in total. The van der Waals surface area contributed by atoms with Crippen LogP contribution in [0.2, 0.25) is 0 Å². The Morgan fingerprint density at radius 1 is 1.00 bits per heavy atom. The standard InChI is InChI=1S/C25H27F3N2O/c1-3-4-15-30(24(31)20-11-13-22(14-12-20)25(26,27)28)18-23-10-7-16-29(23)17-21-9-6-5-8-19(21)2/h5-14,16H,3-4,15,17-18H2,1-2H3. The number of benzene rings is 2. The highest BCUT2D eigenvalue weighted by atomic mass is 19.4. The van der Waals surface area contributed by atoms with Gasteiger partial charge >= 0.3 is 6.18 Å². The molecule has 0 spiro atoms. The average molecular weight is 428 g/mol. The van der Waals surface area contributed by atoms with Crippen LogP contribution in [0.1, 0.15) is 52.5 Å². The highest BCUT2D eigenvalue weighted by Gasteiger charge is 2.30. The largest absolute Gasteiger partial charge is 0.416 e. The maximum absolute atomic E-state index is 13.1. The molecule has 1 heterocycles. The maximum Gasteiger partial charge on any atom is 0.416 e. The lowest BCUT2D eigenvalue weighted by Crippen LogP contribution is -2.32. The van der Waals surface area contributed by atoms with Gasteiger partial charge in [-0.25, -0.2) is 0 Å². The van der Waals surface area contributed by atoms with Crippen molar-refractivity contribution >= 4 is 5.91 Å². The monoisotopic (exact) mass is 428 g/mol. The summed E-state index contributed by atoms with van der Waals surface area (Å²) in [6, 6.07) is 16.6. The van der Waals surface area contributed by atoms with Crippen LogP contribution in [-0.2, 0) is 19.3 Å². The van der Waals surface area contributed by atoms with E-state index in [2.05, 4.69) is 23.6 Å². The molecule has 3 nitrogen and oxygen atoms in total. The van der Waals surface area contributed by atoms with Gasteiger partial charge in [-0.2, -0.15) is 13.2 Å². The van der Waals surface area contributed by atoms with Crippen molar-refractivity contribution < 1.29 is 18.0 Å². The third kappa shape index (κ3) is 5.78. The van der Waals surface area contributed by atoms with Gasteiger partial charge < -0.3 is 9.47 Å². The Morgan fingerprint density at radius 3 is 2.35 bits per heavy atom. The van der Waals surface area contributed by atoms with Gasteiger partial charge in [0.25, 0.3) is 5.91 Å². The molecule has 0 atom stereocenters. The van der Waals surface area contributed by atoms with Crippen LogP contribution in [-0.4, -0.2) is 21.9 Å². The predicted octanol–water partition coefficient (Wildman–Crippen LogP) is 6.31. The van der Waals surface area contributed by atoms with Crippen molar-refractivity contribution in [1.82, 2.24) is 9.47 Å². The smallest absolute Gasteiger partial charge is 0.345 e. The molecule has 2 aromatic carbocycles. The topological polar surface area (TPSA) is 25.2 Å². The minimum Gasteiger partial charge on any atom is -0.345 e. The van der Waals surface area contributed by atoms with Gasteiger partial charge in [0.15, 0.2) is 0 Å². The van der Waals surface area contributed by atoms with Crippen LogP contribution in [0.4, 0.5) is 13.2 Å². The number of aryl methyl sites for hydroxylation is 1. The summed E-state index contributed by atoms with van der Waals surface area (Å²) < 4.78 is 40.7. The van der Waals surface area contributed by atoms with Crippen molar-refractivity contribution in [2.24, 2.45) is 0 Å². The molecule has 0 saturated heterocycles. The molecule has 0 unspecified atom stereocenters. The Balaban J connectivity index is 1.80. The fraction of sp³-hybridized carbons (Fsp3) is 0.320. The number of hydrogen-bond acceptors (Lipinski definition) is 1. The van der Waals surface area contributed by atoms with Crippen molar-refractivity contribution in [2.45, 2.75) is 46.0 Å². The predicted molar refractivity (Wildman–Crippen MR) is 116 cm³/mol. The van der Waals surface area contributed by atoms with E-state index in [9.17, 15) is 18.0 Å². The van der Waals surface area contributed by atoms with Crippen LogP contribution in [0.15, 0.2) is 66.9 Å². The fourth-order valence-corrected chi connectivity index (χ4v) is 3.50. The van der Waals surface area contributed by atoms with E-state index < -0.39 is 11.7 Å². The Morgan fingerprint density at radius 2 is 1.71 bits per heavy atom. The van der Waals surface area contributed by atoms with E-state index in [0.29, 0.717) is 19.6 Å². The summed E-state index contributed by atoms with van der Waals surface area (Å²) in [5, 5.41) is 0. The third-order valence-corrected chi connectivity index (χ3v) is 5.41. The van der Waals surface area contributed by atoms with Crippen molar-refractivity contribution in [3.63, 3.8) is 0 Å². The van der Waals surface area contributed by atoms with Crippen molar-refractivity contribution in [3.05, 3.63) is 94.8 Å². The molecule has 0 radical (unpaired) electrons. The normalized spacial score (nSPS) is 11.5. The molecule has 6 heteroatoms.